The molecule has 0 saturated heterocycles. The van der Waals surface area contributed by atoms with E-state index in [1.165, 1.54) is 44.8 Å². The number of thiazole rings is 1. The van der Waals surface area contributed by atoms with E-state index >= 15 is 0 Å². The van der Waals surface area contributed by atoms with Gasteiger partial charge >= 0.3 is 0 Å². The Morgan fingerprint density at radius 3 is 2.43 bits per heavy atom. The van der Waals surface area contributed by atoms with Crippen LogP contribution in [0.15, 0.2) is 41.8 Å². The Kier molecular flexibility index (Phi) is 6.29. The second-order valence-electron chi connectivity index (χ2n) is 5.97. The third-order valence-electron chi connectivity index (χ3n) is 4.21. The Hall–Kier alpha value is -3.90. The van der Waals surface area contributed by atoms with Gasteiger partial charge in [0.25, 0.3) is 5.69 Å². The Balaban J connectivity index is 2.00. The molecule has 1 aromatic heterocycles. The van der Waals surface area contributed by atoms with Crippen molar-refractivity contribution >= 4 is 28.7 Å². The van der Waals surface area contributed by atoms with Crippen LogP contribution < -0.4 is 14.2 Å². The number of methoxy groups -OCH3 is 3. The fourth-order valence-electron chi connectivity index (χ4n) is 2.80. The van der Waals surface area contributed by atoms with E-state index in [1.807, 2.05) is 0 Å². The minimum Gasteiger partial charge on any atom is -0.493 e. The van der Waals surface area contributed by atoms with Gasteiger partial charge in [0.2, 0.25) is 5.75 Å². The summed E-state index contributed by atoms with van der Waals surface area (Å²) in [5, 5.41) is 22.9. The van der Waals surface area contributed by atoms with Crippen molar-refractivity contribution in [3.8, 4) is 34.6 Å². The summed E-state index contributed by atoms with van der Waals surface area (Å²) >= 11 is 1.28. The van der Waals surface area contributed by atoms with Crippen molar-refractivity contribution in [1.29, 1.82) is 5.26 Å². The summed E-state index contributed by atoms with van der Waals surface area (Å²) in [6.45, 7) is 0. The van der Waals surface area contributed by atoms with Crippen LogP contribution in [0.2, 0.25) is 0 Å². The lowest BCUT2D eigenvalue weighted by Crippen LogP contribution is -1.95. The molecule has 0 amide bonds. The zero-order valence-electron chi connectivity index (χ0n) is 16.4. The zero-order chi connectivity index (χ0) is 21.7. The van der Waals surface area contributed by atoms with E-state index < -0.39 is 4.92 Å². The maximum atomic E-state index is 11.0. The van der Waals surface area contributed by atoms with E-state index in [0.29, 0.717) is 44.7 Å². The van der Waals surface area contributed by atoms with Crippen LogP contribution >= 0.6 is 11.3 Å². The van der Waals surface area contributed by atoms with Gasteiger partial charge in [-0.1, -0.05) is 12.1 Å². The summed E-state index contributed by atoms with van der Waals surface area (Å²) in [4.78, 5) is 15.0. The van der Waals surface area contributed by atoms with Crippen molar-refractivity contribution in [2.24, 2.45) is 0 Å². The number of benzene rings is 2. The highest BCUT2D eigenvalue weighted by atomic mass is 32.1. The summed E-state index contributed by atoms with van der Waals surface area (Å²) in [7, 11) is 4.55. The van der Waals surface area contributed by atoms with Crippen LogP contribution in [0.3, 0.4) is 0 Å². The van der Waals surface area contributed by atoms with Crippen LogP contribution in [0, 0.1) is 21.4 Å². The quantitative estimate of drug-likeness (QED) is 0.305. The normalized spacial score (nSPS) is 10.9. The van der Waals surface area contributed by atoms with E-state index in [9.17, 15) is 15.4 Å². The molecule has 0 aliphatic carbocycles. The van der Waals surface area contributed by atoms with Crippen molar-refractivity contribution in [2.75, 3.05) is 21.3 Å². The molecule has 30 heavy (non-hydrogen) atoms. The first-order valence-corrected chi connectivity index (χ1v) is 9.51. The maximum Gasteiger partial charge on any atom is 0.270 e. The first kappa shape index (κ1) is 20.8. The molecule has 0 aliphatic heterocycles. The number of hydrogen-bond donors (Lipinski definition) is 0. The van der Waals surface area contributed by atoms with Crippen LogP contribution in [0.1, 0.15) is 10.6 Å². The van der Waals surface area contributed by atoms with Crippen LogP contribution in [0.4, 0.5) is 5.69 Å². The number of nitriles is 1. The topological polar surface area (TPSA) is 108 Å². The lowest BCUT2D eigenvalue weighted by atomic mass is 10.1. The number of hydrogen-bond acceptors (Lipinski definition) is 8. The molecule has 0 radical (unpaired) electrons. The van der Waals surface area contributed by atoms with Gasteiger partial charge in [0.1, 0.15) is 11.1 Å². The number of allylic oxidation sites excluding steroid dienone is 1. The molecule has 1 heterocycles. The number of nitrogens with zero attached hydrogens (tertiary/aromatic N) is 3. The zero-order valence-corrected chi connectivity index (χ0v) is 17.2. The highest BCUT2D eigenvalue weighted by Crippen LogP contribution is 2.39. The molecule has 0 saturated carbocycles. The summed E-state index contributed by atoms with van der Waals surface area (Å²) in [6, 6.07) is 11.8. The van der Waals surface area contributed by atoms with Gasteiger partial charge in [0.05, 0.1) is 37.5 Å². The summed E-state index contributed by atoms with van der Waals surface area (Å²) in [6.07, 6.45) is 1.67. The van der Waals surface area contributed by atoms with E-state index in [-0.39, 0.29) is 5.69 Å². The van der Waals surface area contributed by atoms with E-state index in [0.717, 1.165) is 0 Å². The Bertz CT molecular complexity index is 1140. The van der Waals surface area contributed by atoms with E-state index in [1.54, 1.807) is 35.7 Å². The summed E-state index contributed by atoms with van der Waals surface area (Å²) in [5.74, 6) is 1.39. The minimum absolute atomic E-state index is 0.0180. The molecule has 0 spiro atoms. The molecule has 8 nitrogen and oxygen atoms in total. The van der Waals surface area contributed by atoms with Gasteiger partial charge in [0, 0.05) is 23.1 Å². The summed E-state index contributed by atoms with van der Waals surface area (Å²) < 4.78 is 16.0. The highest BCUT2D eigenvalue weighted by molar-refractivity contribution is 7.11. The van der Waals surface area contributed by atoms with Crippen LogP contribution in [-0.4, -0.2) is 31.2 Å². The number of rotatable bonds is 7. The number of ether oxygens (including phenoxy) is 3. The molecule has 0 unspecified atom stereocenters. The van der Waals surface area contributed by atoms with Crippen molar-refractivity contribution in [1.82, 2.24) is 4.98 Å². The van der Waals surface area contributed by atoms with Crippen LogP contribution in [0.5, 0.6) is 17.2 Å². The standard InChI is InChI=1S/C21H17N3O5S/c1-27-18-8-13(9-19(28-2)20(18)29-3)7-15(11-22)21-23-17(12-30-21)14-5-4-6-16(10-14)24(25)26/h4-10,12H,1-3H3/b15-7+. The van der Waals surface area contributed by atoms with Gasteiger partial charge < -0.3 is 14.2 Å². The van der Waals surface area contributed by atoms with Crippen molar-refractivity contribution in [2.45, 2.75) is 0 Å². The molecule has 2 aromatic carbocycles. The predicted molar refractivity (Wildman–Crippen MR) is 114 cm³/mol. The highest BCUT2D eigenvalue weighted by Gasteiger charge is 2.15. The molecule has 3 rings (SSSR count). The van der Waals surface area contributed by atoms with Gasteiger partial charge in [-0.25, -0.2) is 4.98 Å². The van der Waals surface area contributed by atoms with Gasteiger partial charge in [-0.05, 0) is 23.8 Å². The molecule has 0 N–H and O–H groups in total. The molecule has 9 heteroatoms. The number of non-ortho nitro benzene ring substituents is 1. The maximum absolute atomic E-state index is 11.0. The molecular formula is C21H17N3O5S. The van der Waals surface area contributed by atoms with Gasteiger partial charge in [-0.3, -0.25) is 10.1 Å². The molecule has 0 aliphatic rings. The van der Waals surface area contributed by atoms with Crippen molar-refractivity contribution in [3.63, 3.8) is 0 Å². The third-order valence-corrected chi connectivity index (χ3v) is 5.08. The van der Waals surface area contributed by atoms with Crippen LogP contribution in [0.25, 0.3) is 22.9 Å². The second-order valence-corrected chi connectivity index (χ2v) is 6.83. The Labute approximate surface area is 176 Å². The monoisotopic (exact) mass is 423 g/mol. The number of nitro groups is 1. The lowest BCUT2D eigenvalue weighted by Gasteiger charge is -2.13. The molecule has 0 fully saturated rings. The van der Waals surface area contributed by atoms with Gasteiger partial charge in [-0.2, -0.15) is 5.26 Å². The average Bonchev–Trinajstić information content (AvgIpc) is 3.26. The second kappa shape index (κ2) is 9.07. The third kappa shape index (κ3) is 4.24. The van der Waals surface area contributed by atoms with Crippen molar-refractivity contribution < 1.29 is 19.1 Å². The number of nitro benzene ring substituents is 1. The molecule has 152 valence electrons. The molecular weight excluding hydrogens is 406 g/mol. The SMILES string of the molecule is COc1cc(/C=C(\C#N)c2nc(-c3cccc([N+](=O)[O-])c3)cs2)cc(OC)c1OC. The fraction of sp³-hybridized carbons (Fsp3) is 0.143. The average molecular weight is 423 g/mol. The summed E-state index contributed by atoms with van der Waals surface area (Å²) in [5.41, 5.74) is 2.16. The van der Waals surface area contributed by atoms with Crippen molar-refractivity contribution in [3.05, 3.63) is 62.5 Å². The first-order chi connectivity index (χ1) is 14.5. The molecule has 0 atom stereocenters. The smallest absolute Gasteiger partial charge is 0.270 e. The largest absolute Gasteiger partial charge is 0.493 e. The minimum atomic E-state index is -0.457. The number of aromatic nitrogens is 1. The van der Waals surface area contributed by atoms with E-state index in [2.05, 4.69) is 11.1 Å². The van der Waals surface area contributed by atoms with Gasteiger partial charge in [-0.15, -0.1) is 11.3 Å². The fourth-order valence-corrected chi connectivity index (χ4v) is 3.60. The Morgan fingerprint density at radius 1 is 1.17 bits per heavy atom. The predicted octanol–water partition coefficient (Wildman–Crippen LogP) is 4.81. The van der Waals surface area contributed by atoms with E-state index in [4.69, 9.17) is 14.2 Å². The molecule has 0 bridgehead atoms. The first-order valence-electron chi connectivity index (χ1n) is 8.63. The lowest BCUT2D eigenvalue weighted by molar-refractivity contribution is -0.384. The van der Waals surface area contributed by atoms with Gasteiger partial charge in [0.15, 0.2) is 11.5 Å². The van der Waals surface area contributed by atoms with Crippen LogP contribution in [-0.2, 0) is 0 Å². The Morgan fingerprint density at radius 2 is 1.87 bits per heavy atom. The molecule has 3 aromatic rings.